The average molecular weight is 194 g/mol. The zero-order valence-corrected chi connectivity index (χ0v) is 8.77. The maximum atomic E-state index is 5.66. The van der Waals surface area contributed by atoms with E-state index in [2.05, 4.69) is 24.3 Å². The van der Waals surface area contributed by atoms with Crippen LogP contribution in [0, 0.1) is 0 Å². The number of nitrogens with zero attached hydrogens (tertiary/aromatic N) is 2. The zero-order valence-electron chi connectivity index (χ0n) is 8.77. The second-order valence-electron chi connectivity index (χ2n) is 4.35. The Morgan fingerprint density at radius 3 is 2.57 bits per heavy atom. The van der Waals surface area contributed by atoms with Crippen LogP contribution in [0.25, 0.3) is 0 Å². The molecule has 2 heterocycles. The van der Waals surface area contributed by atoms with Crippen LogP contribution < -0.4 is 11.1 Å². The molecule has 1 aliphatic rings. The fourth-order valence-corrected chi connectivity index (χ4v) is 2.30. The molecule has 0 saturated carbocycles. The van der Waals surface area contributed by atoms with E-state index in [1.807, 2.05) is 10.9 Å². The van der Waals surface area contributed by atoms with Gasteiger partial charge in [0.05, 0.1) is 17.9 Å². The summed E-state index contributed by atoms with van der Waals surface area (Å²) in [5, 5.41) is 7.79. The number of nitrogens with one attached hydrogen (secondary N) is 1. The summed E-state index contributed by atoms with van der Waals surface area (Å²) in [6, 6.07) is 1.63. The van der Waals surface area contributed by atoms with Crippen molar-refractivity contribution in [3.05, 3.63) is 12.4 Å². The van der Waals surface area contributed by atoms with Crippen LogP contribution in [0.5, 0.6) is 0 Å². The average Bonchev–Trinajstić information content (AvgIpc) is 2.50. The van der Waals surface area contributed by atoms with Gasteiger partial charge in [0.25, 0.3) is 0 Å². The molecule has 3 N–H and O–H groups in total. The van der Waals surface area contributed by atoms with Crippen LogP contribution in [-0.2, 0) is 0 Å². The Morgan fingerprint density at radius 2 is 2.07 bits per heavy atom. The highest BCUT2D eigenvalue weighted by Gasteiger charge is 2.24. The third-order valence-electron chi connectivity index (χ3n) is 2.82. The molecule has 1 aromatic rings. The first-order valence-corrected chi connectivity index (χ1v) is 5.21. The third kappa shape index (κ3) is 1.90. The summed E-state index contributed by atoms with van der Waals surface area (Å²) in [6.45, 7) is 4.44. The highest BCUT2D eigenvalue weighted by molar-refractivity contribution is 5.30. The quantitative estimate of drug-likeness (QED) is 0.705. The largest absolute Gasteiger partial charge is 0.396 e. The van der Waals surface area contributed by atoms with Gasteiger partial charge in [-0.15, -0.1) is 0 Å². The molecule has 1 fully saturated rings. The molecule has 0 aliphatic carbocycles. The molecule has 0 aromatic carbocycles. The Kier molecular flexibility index (Phi) is 2.46. The number of nitrogens with two attached hydrogens (primary N) is 1. The van der Waals surface area contributed by atoms with Gasteiger partial charge in [-0.2, -0.15) is 5.10 Å². The van der Waals surface area contributed by atoms with Crippen molar-refractivity contribution in [2.45, 2.75) is 44.8 Å². The van der Waals surface area contributed by atoms with Crippen LogP contribution in [0.1, 0.15) is 32.7 Å². The van der Waals surface area contributed by atoms with Crippen LogP contribution >= 0.6 is 0 Å². The van der Waals surface area contributed by atoms with E-state index < -0.39 is 0 Å². The molecule has 1 aromatic heterocycles. The van der Waals surface area contributed by atoms with Crippen molar-refractivity contribution in [2.75, 3.05) is 5.73 Å². The third-order valence-corrected chi connectivity index (χ3v) is 2.82. The Hall–Kier alpha value is -1.03. The molecule has 0 bridgehead atoms. The van der Waals surface area contributed by atoms with Gasteiger partial charge in [-0.1, -0.05) is 0 Å². The van der Waals surface area contributed by atoms with Crippen LogP contribution in [0.4, 0.5) is 5.69 Å². The number of rotatable bonds is 1. The van der Waals surface area contributed by atoms with Gasteiger partial charge in [-0.25, -0.2) is 0 Å². The van der Waals surface area contributed by atoms with Crippen LogP contribution in [-0.4, -0.2) is 21.9 Å². The molecule has 2 atom stereocenters. The van der Waals surface area contributed by atoms with Crippen LogP contribution in [0.15, 0.2) is 12.4 Å². The minimum Gasteiger partial charge on any atom is -0.396 e. The number of piperidine rings is 1. The first-order chi connectivity index (χ1) is 6.65. The van der Waals surface area contributed by atoms with E-state index in [0.717, 1.165) is 18.5 Å². The van der Waals surface area contributed by atoms with E-state index in [9.17, 15) is 0 Å². The van der Waals surface area contributed by atoms with E-state index >= 15 is 0 Å². The van der Waals surface area contributed by atoms with Gasteiger partial charge in [-0.3, -0.25) is 4.68 Å². The van der Waals surface area contributed by atoms with Gasteiger partial charge in [-0.05, 0) is 26.7 Å². The van der Waals surface area contributed by atoms with Crippen LogP contribution in [0.3, 0.4) is 0 Å². The monoisotopic (exact) mass is 194 g/mol. The van der Waals surface area contributed by atoms with Crippen molar-refractivity contribution < 1.29 is 0 Å². The molecule has 4 nitrogen and oxygen atoms in total. The van der Waals surface area contributed by atoms with Crippen LogP contribution in [0.2, 0.25) is 0 Å². The summed E-state index contributed by atoms with van der Waals surface area (Å²) in [4.78, 5) is 0. The number of aromatic nitrogens is 2. The molecule has 4 heteroatoms. The van der Waals surface area contributed by atoms with Gasteiger partial charge in [0, 0.05) is 18.3 Å². The fourth-order valence-electron chi connectivity index (χ4n) is 2.30. The fraction of sp³-hybridized carbons (Fsp3) is 0.700. The minimum absolute atomic E-state index is 0.499. The lowest BCUT2D eigenvalue weighted by Gasteiger charge is -2.32. The molecule has 78 valence electrons. The Labute approximate surface area is 84.5 Å². The summed E-state index contributed by atoms with van der Waals surface area (Å²) in [6.07, 6.45) is 5.91. The molecule has 0 spiro atoms. The molecule has 2 rings (SSSR count). The van der Waals surface area contributed by atoms with Gasteiger partial charge in [0.1, 0.15) is 0 Å². The van der Waals surface area contributed by atoms with E-state index in [-0.39, 0.29) is 0 Å². The number of nitrogen functional groups attached to an aromatic ring is 1. The van der Waals surface area contributed by atoms with Gasteiger partial charge in [0.2, 0.25) is 0 Å². The summed E-state index contributed by atoms with van der Waals surface area (Å²) < 4.78 is 2.00. The lowest BCUT2D eigenvalue weighted by molar-refractivity contribution is 0.250. The molecule has 0 unspecified atom stereocenters. The predicted octanol–water partition coefficient (Wildman–Crippen LogP) is 1.17. The van der Waals surface area contributed by atoms with Crippen molar-refractivity contribution in [2.24, 2.45) is 0 Å². The SMILES string of the molecule is C[C@@H]1CC(n2cc(N)cn2)C[C@@H](C)N1. The molecule has 0 radical (unpaired) electrons. The molecule has 14 heavy (non-hydrogen) atoms. The predicted molar refractivity (Wildman–Crippen MR) is 57.0 cm³/mol. The maximum Gasteiger partial charge on any atom is 0.0719 e. The zero-order chi connectivity index (χ0) is 10.1. The molecular weight excluding hydrogens is 176 g/mol. The topological polar surface area (TPSA) is 55.9 Å². The summed E-state index contributed by atoms with van der Waals surface area (Å²) >= 11 is 0. The van der Waals surface area contributed by atoms with Crippen molar-refractivity contribution >= 4 is 5.69 Å². The normalized spacial score (nSPS) is 33.1. The second-order valence-corrected chi connectivity index (χ2v) is 4.35. The highest BCUT2D eigenvalue weighted by atomic mass is 15.3. The first kappa shape index (κ1) is 9.52. The second kappa shape index (κ2) is 3.61. The highest BCUT2D eigenvalue weighted by Crippen LogP contribution is 2.24. The molecular formula is C10H18N4. The Bertz CT molecular complexity index is 297. The van der Waals surface area contributed by atoms with E-state index in [4.69, 9.17) is 5.73 Å². The standard InChI is InChI=1S/C10H18N4/c1-7-3-10(4-8(2)13-7)14-6-9(11)5-12-14/h5-8,10,13H,3-4,11H2,1-2H3/t7-,8-/m1/s1. The Balaban J connectivity index is 2.10. The first-order valence-electron chi connectivity index (χ1n) is 5.21. The van der Waals surface area contributed by atoms with Gasteiger partial charge < -0.3 is 11.1 Å². The minimum atomic E-state index is 0.499. The van der Waals surface area contributed by atoms with Crippen molar-refractivity contribution in [3.8, 4) is 0 Å². The summed E-state index contributed by atoms with van der Waals surface area (Å²) in [7, 11) is 0. The van der Waals surface area contributed by atoms with Crippen molar-refractivity contribution in [3.63, 3.8) is 0 Å². The van der Waals surface area contributed by atoms with Crippen molar-refractivity contribution in [1.29, 1.82) is 0 Å². The number of hydrogen-bond donors (Lipinski definition) is 2. The summed E-state index contributed by atoms with van der Waals surface area (Å²) in [5.41, 5.74) is 6.41. The lowest BCUT2D eigenvalue weighted by Crippen LogP contribution is -2.43. The van der Waals surface area contributed by atoms with Gasteiger partial charge >= 0.3 is 0 Å². The number of hydrogen-bond acceptors (Lipinski definition) is 3. The Morgan fingerprint density at radius 1 is 1.43 bits per heavy atom. The maximum absolute atomic E-state index is 5.66. The van der Waals surface area contributed by atoms with E-state index in [1.54, 1.807) is 6.20 Å². The van der Waals surface area contributed by atoms with Crippen molar-refractivity contribution in [1.82, 2.24) is 15.1 Å². The summed E-state index contributed by atoms with van der Waals surface area (Å²) in [5.74, 6) is 0. The van der Waals surface area contributed by atoms with E-state index in [0.29, 0.717) is 18.1 Å². The molecule has 1 saturated heterocycles. The molecule has 1 aliphatic heterocycles. The smallest absolute Gasteiger partial charge is 0.0719 e. The lowest BCUT2D eigenvalue weighted by atomic mass is 9.96. The van der Waals surface area contributed by atoms with Gasteiger partial charge in [0.15, 0.2) is 0 Å². The number of anilines is 1. The molecule has 0 amide bonds. The van der Waals surface area contributed by atoms with E-state index in [1.165, 1.54) is 0 Å².